The zero-order valence-corrected chi connectivity index (χ0v) is 17.2. The fourth-order valence-corrected chi connectivity index (χ4v) is 4.18. The lowest BCUT2D eigenvalue weighted by molar-refractivity contribution is -0.150. The van der Waals surface area contributed by atoms with Crippen molar-refractivity contribution in [3.63, 3.8) is 0 Å². The topological polar surface area (TPSA) is 54.5 Å². The molecule has 2 aromatic rings. The highest BCUT2D eigenvalue weighted by Gasteiger charge is 2.49. The number of benzene rings is 1. The Morgan fingerprint density at radius 3 is 2.78 bits per heavy atom. The summed E-state index contributed by atoms with van der Waals surface area (Å²) in [6.45, 7) is 3.41. The van der Waals surface area contributed by atoms with Crippen LogP contribution in [-0.2, 0) is 16.1 Å². The SMILES string of the molecule is CN(Cc1cnc2ccccc2c1)CC1CC2(CCNCC2)C(=O)O1.Cl.Cl. The van der Waals surface area contributed by atoms with Crippen LogP contribution < -0.4 is 5.32 Å². The summed E-state index contributed by atoms with van der Waals surface area (Å²) < 4.78 is 5.71. The third-order valence-electron chi connectivity index (χ3n) is 5.50. The first-order valence-electron chi connectivity index (χ1n) is 9.09. The first kappa shape index (κ1) is 21.9. The van der Waals surface area contributed by atoms with Crippen molar-refractivity contribution >= 4 is 41.7 Å². The van der Waals surface area contributed by atoms with Crippen LogP contribution in [0.3, 0.4) is 0 Å². The number of pyridine rings is 1. The van der Waals surface area contributed by atoms with Crippen LogP contribution in [0.2, 0.25) is 0 Å². The predicted molar refractivity (Wildman–Crippen MR) is 112 cm³/mol. The Bertz CT molecular complexity index is 781. The quantitative estimate of drug-likeness (QED) is 0.782. The van der Waals surface area contributed by atoms with Crippen molar-refractivity contribution in [3.05, 3.63) is 42.1 Å². The van der Waals surface area contributed by atoms with E-state index in [1.807, 2.05) is 24.4 Å². The molecule has 27 heavy (non-hydrogen) atoms. The summed E-state index contributed by atoms with van der Waals surface area (Å²) in [5.41, 5.74) is 1.97. The molecular formula is C20H27Cl2N3O2. The number of carbonyl (C=O) groups is 1. The van der Waals surface area contributed by atoms with Crippen LogP contribution >= 0.6 is 24.8 Å². The number of ether oxygens (including phenoxy) is 1. The van der Waals surface area contributed by atoms with Crippen molar-refractivity contribution in [1.29, 1.82) is 0 Å². The molecule has 1 N–H and O–H groups in total. The minimum atomic E-state index is -0.235. The molecule has 0 radical (unpaired) electrons. The van der Waals surface area contributed by atoms with Gasteiger partial charge < -0.3 is 10.1 Å². The number of nitrogens with zero attached hydrogens (tertiary/aromatic N) is 2. The number of hydrogen-bond acceptors (Lipinski definition) is 5. The number of cyclic esters (lactones) is 1. The molecule has 1 aromatic heterocycles. The molecule has 0 saturated carbocycles. The van der Waals surface area contributed by atoms with E-state index in [1.165, 1.54) is 5.56 Å². The minimum Gasteiger partial charge on any atom is -0.461 e. The van der Waals surface area contributed by atoms with Gasteiger partial charge in [0, 0.05) is 31.1 Å². The van der Waals surface area contributed by atoms with Gasteiger partial charge in [0.05, 0.1) is 10.9 Å². The van der Waals surface area contributed by atoms with Gasteiger partial charge in [-0.2, -0.15) is 0 Å². The van der Waals surface area contributed by atoms with Crippen molar-refractivity contribution < 1.29 is 9.53 Å². The monoisotopic (exact) mass is 411 g/mol. The standard InChI is InChI=1S/C20H25N3O2.2ClH/c1-23(13-15-10-16-4-2-3-5-18(16)22-12-15)14-17-11-20(19(24)25-17)6-8-21-9-7-20;;/h2-5,10,12,17,21H,6-9,11,13-14H2,1H3;2*1H. The van der Waals surface area contributed by atoms with Crippen molar-refractivity contribution in [2.24, 2.45) is 5.41 Å². The number of carbonyl (C=O) groups excluding carboxylic acids is 1. The van der Waals surface area contributed by atoms with E-state index in [9.17, 15) is 4.79 Å². The predicted octanol–water partition coefficient (Wildman–Crippen LogP) is 3.20. The molecule has 0 amide bonds. The Morgan fingerprint density at radius 1 is 1.26 bits per heavy atom. The van der Waals surface area contributed by atoms with Crippen LogP contribution in [0.4, 0.5) is 0 Å². The van der Waals surface area contributed by atoms with Gasteiger partial charge in [-0.1, -0.05) is 18.2 Å². The number of aromatic nitrogens is 1. The fraction of sp³-hybridized carbons (Fsp3) is 0.500. The lowest BCUT2D eigenvalue weighted by atomic mass is 9.76. The van der Waals surface area contributed by atoms with Crippen molar-refractivity contribution in [3.8, 4) is 0 Å². The number of rotatable bonds is 4. The molecule has 1 spiro atoms. The molecule has 148 valence electrons. The molecule has 5 nitrogen and oxygen atoms in total. The number of likely N-dealkylation sites (N-methyl/N-ethyl adjacent to an activating group) is 1. The molecular weight excluding hydrogens is 385 g/mol. The second-order valence-corrected chi connectivity index (χ2v) is 7.49. The first-order chi connectivity index (χ1) is 12.1. The zero-order chi connectivity index (χ0) is 17.3. The Kier molecular flexibility index (Phi) is 7.46. The average Bonchev–Trinajstić information content (AvgIpc) is 2.90. The van der Waals surface area contributed by atoms with Crippen LogP contribution in [-0.4, -0.2) is 48.6 Å². The maximum Gasteiger partial charge on any atom is 0.312 e. The molecule has 0 aliphatic carbocycles. The number of fused-ring (bicyclic) bond motifs is 1. The molecule has 3 heterocycles. The van der Waals surface area contributed by atoms with E-state index in [0.29, 0.717) is 0 Å². The summed E-state index contributed by atoms with van der Waals surface area (Å²) >= 11 is 0. The largest absolute Gasteiger partial charge is 0.461 e. The van der Waals surface area contributed by atoms with Gasteiger partial charge in [-0.05, 0) is 50.7 Å². The van der Waals surface area contributed by atoms with Gasteiger partial charge in [0.1, 0.15) is 6.10 Å². The van der Waals surface area contributed by atoms with Crippen LogP contribution in [0, 0.1) is 5.41 Å². The van der Waals surface area contributed by atoms with Crippen LogP contribution in [0.1, 0.15) is 24.8 Å². The van der Waals surface area contributed by atoms with E-state index >= 15 is 0 Å². The van der Waals surface area contributed by atoms with Gasteiger partial charge in [-0.15, -0.1) is 24.8 Å². The second-order valence-electron chi connectivity index (χ2n) is 7.49. The lowest BCUT2D eigenvalue weighted by Crippen LogP contribution is -2.39. The summed E-state index contributed by atoms with van der Waals surface area (Å²) in [5.74, 6) is 0.0137. The van der Waals surface area contributed by atoms with E-state index in [0.717, 1.165) is 56.3 Å². The van der Waals surface area contributed by atoms with Gasteiger partial charge in [-0.3, -0.25) is 14.7 Å². The molecule has 1 unspecified atom stereocenters. The Balaban J connectivity index is 0.00000131. The third-order valence-corrected chi connectivity index (χ3v) is 5.50. The first-order valence-corrected chi connectivity index (χ1v) is 9.09. The number of para-hydroxylation sites is 1. The van der Waals surface area contributed by atoms with Crippen molar-refractivity contribution in [2.45, 2.75) is 31.9 Å². The van der Waals surface area contributed by atoms with Gasteiger partial charge in [0.15, 0.2) is 0 Å². The number of piperidine rings is 1. The molecule has 2 saturated heterocycles. The maximum absolute atomic E-state index is 12.4. The maximum atomic E-state index is 12.4. The summed E-state index contributed by atoms with van der Waals surface area (Å²) in [6, 6.07) is 10.3. The van der Waals surface area contributed by atoms with E-state index in [2.05, 4.69) is 34.4 Å². The van der Waals surface area contributed by atoms with Crippen LogP contribution in [0.25, 0.3) is 10.9 Å². The fourth-order valence-electron chi connectivity index (χ4n) is 4.18. The normalized spacial score (nSPS) is 21.0. The summed E-state index contributed by atoms with van der Waals surface area (Å²) in [4.78, 5) is 19.1. The lowest BCUT2D eigenvalue weighted by Gasteiger charge is -2.29. The average molecular weight is 412 g/mol. The Hall–Kier alpha value is -1.40. The highest BCUT2D eigenvalue weighted by Crippen LogP contribution is 2.41. The Morgan fingerprint density at radius 2 is 2.00 bits per heavy atom. The van der Waals surface area contributed by atoms with E-state index in [4.69, 9.17) is 4.74 Å². The molecule has 0 bridgehead atoms. The van der Waals surface area contributed by atoms with E-state index < -0.39 is 0 Å². The summed E-state index contributed by atoms with van der Waals surface area (Å²) in [7, 11) is 2.08. The Labute approximate surface area is 172 Å². The molecule has 2 fully saturated rings. The second kappa shape index (κ2) is 9.20. The minimum absolute atomic E-state index is 0. The number of halogens is 2. The van der Waals surface area contributed by atoms with E-state index in [1.54, 1.807) is 0 Å². The number of hydrogen-bond donors (Lipinski definition) is 1. The molecule has 4 rings (SSSR count). The molecule has 1 atom stereocenters. The van der Waals surface area contributed by atoms with Crippen LogP contribution in [0.15, 0.2) is 36.5 Å². The highest BCUT2D eigenvalue weighted by atomic mass is 35.5. The number of nitrogens with one attached hydrogen (secondary N) is 1. The van der Waals surface area contributed by atoms with Gasteiger partial charge in [0.25, 0.3) is 0 Å². The number of esters is 1. The van der Waals surface area contributed by atoms with Crippen LogP contribution in [0.5, 0.6) is 0 Å². The molecule has 2 aliphatic heterocycles. The third kappa shape index (κ3) is 4.72. The highest BCUT2D eigenvalue weighted by molar-refractivity contribution is 5.85. The van der Waals surface area contributed by atoms with Gasteiger partial charge >= 0.3 is 5.97 Å². The molecule has 1 aromatic carbocycles. The van der Waals surface area contributed by atoms with Gasteiger partial charge in [-0.25, -0.2) is 0 Å². The zero-order valence-electron chi connectivity index (χ0n) is 15.5. The summed E-state index contributed by atoms with van der Waals surface area (Å²) in [6.07, 6.45) is 4.60. The van der Waals surface area contributed by atoms with E-state index in [-0.39, 0.29) is 42.3 Å². The van der Waals surface area contributed by atoms with Crippen molar-refractivity contribution in [1.82, 2.24) is 15.2 Å². The van der Waals surface area contributed by atoms with Gasteiger partial charge in [0.2, 0.25) is 0 Å². The molecule has 7 heteroatoms. The summed E-state index contributed by atoms with van der Waals surface area (Å²) in [5, 5.41) is 4.50. The van der Waals surface area contributed by atoms with Crippen molar-refractivity contribution in [2.75, 3.05) is 26.7 Å². The molecule has 2 aliphatic rings. The smallest absolute Gasteiger partial charge is 0.312 e.